The lowest BCUT2D eigenvalue weighted by Gasteiger charge is -2.20. The summed E-state index contributed by atoms with van der Waals surface area (Å²) in [5.74, 6) is -0.138. The molecule has 1 N–H and O–H groups in total. The van der Waals surface area contributed by atoms with E-state index >= 15 is 0 Å². The molecule has 1 aliphatic rings. The molecular formula is C13H20N4O. The van der Waals surface area contributed by atoms with Crippen LogP contribution in [0.4, 0.5) is 5.69 Å². The second kappa shape index (κ2) is 5.35. The van der Waals surface area contributed by atoms with Crippen LogP contribution in [-0.2, 0) is 0 Å². The van der Waals surface area contributed by atoms with E-state index in [0.717, 1.165) is 37.7 Å². The summed E-state index contributed by atoms with van der Waals surface area (Å²) in [6.45, 7) is 8.25. The van der Waals surface area contributed by atoms with Gasteiger partial charge < -0.3 is 10.2 Å². The normalized spacial score (nSPS) is 16.1. The number of likely N-dealkylation sites (N-methyl/N-ethyl adjacent to an activating group) is 1. The average Bonchev–Trinajstić information content (AvgIpc) is 2.86. The van der Waals surface area contributed by atoms with Crippen molar-refractivity contribution in [3.63, 3.8) is 0 Å². The van der Waals surface area contributed by atoms with Gasteiger partial charge in [-0.1, -0.05) is 6.92 Å². The van der Waals surface area contributed by atoms with Gasteiger partial charge in [0.2, 0.25) is 0 Å². The zero-order valence-corrected chi connectivity index (χ0v) is 11.2. The van der Waals surface area contributed by atoms with Gasteiger partial charge in [-0.2, -0.15) is 0 Å². The molecule has 0 aliphatic carbocycles. The number of hydrogen-bond acceptors (Lipinski definition) is 4. The van der Waals surface area contributed by atoms with Gasteiger partial charge in [-0.25, -0.2) is 4.98 Å². The van der Waals surface area contributed by atoms with Crippen molar-refractivity contribution in [2.24, 2.45) is 0 Å². The number of nitrogens with zero attached hydrogens (tertiary/aromatic N) is 3. The highest BCUT2D eigenvalue weighted by Gasteiger charge is 2.20. The van der Waals surface area contributed by atoms with Crippen LogP contribution in [0.3, 0.4) is 0 Å². The predicted molar refractivity (Wildman–Crippen MR) is 71.8 cm³/mol. The molecule has 2 heterocycles. The number of hydrogen-bond donors (Lipinski definition) is 1. The summed E-state index contributed by atoms with van der Waals surface area (Å²) < 4.78 is 0. The Balaban J connectivity index is 2.18. The first kappa shape index (κ1) is 12.8. The lowest BCUT2D eigenvalue weighted by atomic mass is 10.2. The molecule has 0 saturated carbocycles. The van der Waals surface area contributed by atoms with Crippen LogP contribution in [0.2, 0.25) is 0 Å². The van der Waals surface area contributed by atoms with Crippen LogP contribution in [0.5, 0.6) is 0 Å². The van der Waals surface area contributed by atoms with Gasteiger partial charge in [-0.05, 0) is 25.6 Å². The Morgan fingerprint density at radius 3 is 2.78 bits per heavy atom. The summed E-state index contributed by atoms with van der Waals surface area (Å²) >= 11 is 0. The van der Waals surface area contributed by atoms with Crippen LogP contribution in [0.1, 0.15) is 23.1 Å². The number of carbonyl (C=O) groups is 1. The van der Waals surface area contributed by atoms with Gasteiger partial charge in [0.05, 0.1) is 18.1 Å². The molecule has 2 rings (SSSR count). The standard InChI is InChI=1S/C13H20N4O/c1-4-16-7-8-17(9-16)12-6-5-11(13(18)14-3)15-10(12)2/h5-6H,4,7-9H2,1-3H3,(H,14,18). The number of aryl methyl sites for hydroxylation is 1. The second-order valence-electron chi connectivity index (χ2n) is 4.50. The fraction of sp³-hybridized carbons (Fsp3) is 0.538. The van der Waals surface area contributed by atoms with Gasteiger partial charge in [0.15, 0.2) is 0 Å². The third-order valence-electron chi connectivity index (χ3n) is 3.36. The zero-order chi connectivity index (χ0) is 13.1. The van der Waals surface area contributed by atoms with Crippen LogP contribution < -0.4 is 10.2 Å². The molecule has 0 atom stereocenters. The average molecular weight is 248 g/mol. The summed E-state index contributed by atoms with van der Waals surface area (Å²) in [6, 6.07) is 3.78. The van der Waals surface area contributed by atoms with Crippen LogP contribution in [-0.4, -0.2) is 49.1 Å². The summed E-state index contributed by atoms with van der Waals surface area (Å²) in [4.78, 5) is 20.6. The second-order valence-corrected chi connectivity index (χ2v) is 4.50. The maximum Gasteiger partial charge on any atom is 0.269 e. The van der Waals surface area contributed by atoms with Crippen molar-refractivity contribution < 1.29 is 4.79 Å². The SMILES string of the molecule is CCN1CCN(c2ccc(C(=O)NC)nc2C)C1. The van der Waals surface area contributed by atoms with Crippen LogP contribution in [0, 0.1) is 6.92 Å². The molecule has 1 saturated heterocycles. The van der Waals surface area contributed by atoms with Gasteiger partial charge in [0.1, 0.15) is 5.69 Å². The highest BCUT2D eigenvalue weighted by molar-refractivity contribution is 5.92. The molecule has 0 radical (unpaired) electrons. The number of aromatic nitrogens is 1. The maximum absolute atomic E-state index is 11.5. The fourth-order valence-electron chi connectivity index (χ4n) is 2.24. The molecule has 18 heavy (non-hydrogen) atoms. The van der Waals surface area contributed by atoms with Crippen LogP contribution >= 0.6 is 0 Å². The van der Waals surface area contributed by atoms with E-state index in [4.69, 9.17) is 0 Å². The van der Waals surface area contributed by atoms with Crippen LogP contribution in [0.15, 0.2) is 12.1 Å². The monoisotopic (exact) mass is 248 g/mol. The van der Waals surface area contributed by atoms with Gasteiger partial charge in [-0.3, -0.25) is 9.69 Å². The van der Waals surface area contributed by atoms with E-state index in [1.165, 1.54) is 0 Å². The van der Waals surface area contributed by atoms with Crippen molar-refractivity contribution in [2.45, 2.75) is 13.8 Å². The van der Waals surface area contributed by atoms with Gasteiger partial charge in [0, 0.05) is 20.1 Å². The molecule has 1 fully saturated rings. The number of nitrogens with one attached hydrogen (secondary N) is 1. The van der Waals surface area contributed by atoms with Gasteiger partial charge in [0.25, 0.3) is 5.91 Å². The zero-order valence-electron chi connectivity index (χ0n) is 11.2. The maximum atomic E-state index is 11.5. The van der Waals surface area contributed by atoms with E-state index < -0.39 is 0 Å². The van der Waals surface area contributed by atoms with Crippen molar-refractivity contribution in [1.82, 2.24) is 15.2 Å². The lowest BCUT2D eigenvalue weighted by Crippen LogP contribution is -2.26. The minimum Gasteiger partial charge on any atom is -0.356 e. The first-order valence-corrected chi connectivity index (χ1v) is 6.32. The lowest BCUT2D eigenvalue weighted by molar-refractivity contribution is 0.0958. The number of anilines is 1. The summed E-state index contributed by atoms with van der Waals surface area (Å²) in [7, 11) is 1.62. The summed E-state index contributed by atoms with van der Waals surface area (Å²) in [6.07, 6.45) is 0. The molecule has 1 aliphatic heterocycles. The number of rotatable bonds is 3. The minimum atomic E-state index is -0.138. The molecule has 0 spiro atoms. The molecule has 0 aromatic carbocycles. The minimum absolute atomic E-state index is 0.138. The van der Waals surface area contributed by atoms with Gasteiger partial charge >= 0.3 is 0 Å². The Morgan fingerprint density at radius 2 is 2.22 bits per heavy atom. The Kier molecular flexibility index (Phi) is 3.81. The highest BCUT2D eigenvalue weighted by atomic mass is 16.1. The third kappa shape index (κ3) is 2.46. The largest absolute Gasteiger partial charge is 0.356 e. The van der Waals surface area contributed by atoms with Crippen molar-refractivity contribution in [3.8, 4) is 0 Å². The third-order valence-corrected chi connectivity index (χ3v) is 3.36. The van der Waals surface area contributed by atoms with Crippen molar-refractivity contribution >= 4 is 11.6 Å². The first-order chi connectivity index (χ1) is 8.65. The number of carbonyl (C=O) groups excluding carboxylic acids is 1. The topological polar surface area (TPSA) is 48.5 Å². The number of amides is 1. The van der Waals surface area contributed by atoms with E-state index in [1.54, 1.807) is 13.1 Å². The quantitative estimate of drug-likeness (QED) is 0.861. The van der Waals surface area contributed by atoms with Crippen molar-refractivity contribution in [2.75, 3.05) is 38.3 Å². The van der Waals surface area contributed by atoms with Crippen molar-refractivity contribution in [1.29, 1.82) is 0 Å². The molecule has 1 amide bonds. The molecule has 1 aromatic rings. The highest BCUT2D eigenvalue weighted by Crippen LogP contribution is 2.21. The molecule has 0 bridgehead atoms. The van der Waals surface area contributed by atoms with Crippen LogP contribution in [0.25, 0.3) is 0 Å². The first-order valence-electron chi connectivity index (χ1n) is 6.32. The number of pyridine rings is 1. The van der Waals surface area contributed by atoms with E-state index in [1.807, 2.05) is 13.0 Å². The Bertz CT molecular complexity index is 447. The molecule has 5 heteroatoms. The molecule has 0 unspecified atom stereocenters. The van der Waals surface area contributed by atoms with Gasteiger partial charge in [-0.15, -0.1) is 0 Å². The Hall–Kier alpha value is -1.62. The Morgan fingerprint density at radius 1 is 1.44 bits per heavy atom. The summed E-state index contributed by atoms with van der Waals surface area (Å²) in [5.41, 5.74) is 2.51. The molecule has 5 nitrogen and oxygen atoms in total. The van der Waals surface area contributed by atoms with E-state index in [9.17, 15) is 4.79 Å². The summed E-state index contributed by atoms with van der Waals surface area (Å²) in [5, 5.41) is 2.59. The molecule has 1 aromatic heterocycles. The van der Waals surface area contributed by atoms with E-state index in [0.29, 0.717) is 5.69 Å². The fourth-order valence-corrected chi connectivity index (χ4v) is 2.24. The smallest absolute Gasteiger partial charge is 0.269 e. The van der Waals surface area contributed by atoms with E-state index in [2.05, 4.69) is 27.0 Å². The predicted octanol–water partition coefficient (Wildman–Crippen LogP) is 0.849. The van der Waals surface area contributed by atoms with E-state index in [-0.39, 0.29) is 5.91 Å². The Labute approximate surface area is 108 Å². The van der Waals surface area contributed by atoms with Crippen molar-refractivity contribution in [3.05, 3.63) is 23.5 Å². The molecule has 98 valence electrons. The molecular weight excluding hydrogens is 228 g/mol.